The monoisotopic (exact) mass is 249 g/mol. The normalized spacial score (nSPS) is 11.6. The van der Waals surface area contributed by atoms with Crippen molar-refractivity contribution in [3.8, 4) is 6.07 Å². The van der Waals surface area contributed by atoms with E-state index in [1.165, 1.54) is 7.11 Å². The van der Waals surface area contributed by atoms with E-state index in [1.807, 2.05) is 26.0 Å². The average Bonchev–Trinajstić information content (AvgIpc) is 2.35. The number of nitrogens with zero attached hydrogens (tertiary/aromatic N) is 1. The Balaban J connectivity index is 2.62. The topological polar surface area (TPSA) is 50.1 Å². The van der Waals surface area contributed by atoms with Gasteiger partial charge in [-0.15, -0.1) is 11.8 Å². The van der Waals surface area contributed by atoms with Gasteiger partial charge in [-0.1, -0.05) is 6.92 Å². The van der Waals surface area contributed by atoms with E-state index in [9.17, 15) is 4.79 Å². The predicted octanol–water partition coefficient (Wildman–Crippen LogP) is 2.77. The third kappa shape index (κ3) is 3.79. The standard InChI is InChI=1S/C13H15NO2S/c1-9-6-12(5-4-11(9)7-14)17-8-10(2)13(15)16-3/h4-6,10H,8H2,1-3H3. The molecule has 3 nitrogen and oxygen atoms in total. The third-order valence-electron chi connectivity index (χ3n) is 2.42. The highest BCUT2D eigenvalue weighted by molar-refractivity contribution is 7.99. The Kier molecular flexibility index (Phi) is 5.05. The minimum Gasteiger partial charge on any atom is -0.469 e. The van der Waals surface area contributed by atoms with Crippen LogP contribution in [0.5, 0.6) is 0 Å². The number of hydrogen-bond donors (Lipinski definition) is 0. The fraction of sp³-hybridized carbons (Fsp3) is 0.385. The van der Waals surface area contributed by atoms with Crippen LogP contribution in [0.2, 0.25) is 0 Å². The molecule has 0 N–H and O–H groups in total. The quantitative estimate of drug-likeness (QED) is 0.608. The number of hydrogen-bond acceptors (Lipinski definition) is 4. The van der Waals surface area contributed by atoms with E-state index in [1.54, 1.807) is 17.8 Å². The molecule has 1 aromatic rings. The van der Waals surface area contributed by atoms with Crippen LogP contribution < -0.4 is 0 Å². The molecule has 0 bridgehead atoms. The lowest BCUT2D eigenvalue weighted by Crippen LogP contribution is -2.14. The van der Waals surface area contributed by atoms with Crippen molar-refractivity contribution >= 4 is 17.7 Å². The largest absolute Gasteiger partial charge is 0.469 e. The van der Waals surface area contributed by atoms with Crippen LogP contribution in [0.3, 0.4) is 0 Å². The van der Waals surface area contributed by atoms with Crippen LogP contribution in [0.4, 0.5) is 0 Å². The third-order valence-corrected chi connectivity index (χ3v) is 3.68. The number of nitriles is 1. The van der Waals surface area contributed by atoms with Gasteiger partial charge in [0.05, 0.1) is 24.7 Å². The van der Waals surface area contributed by atoms with Crippen molar-refractivity contribution in [2.24, 2.45) is 5.92 Å². The number of thioether (sulfide) groups is 1. The molecule has 0 saturated heterocycles. The van der Waals surface area contributed by atoms with Crippen LogP contribution in [0.1, 0.15) is 18.1 Å². The van der Waals surface area contributed by atoms with Crippen molar-refractivity contribution < 1.29 is 9.53 Å². The van der Waals surface area contributed by atoms with Crippen molar-refractivity contribution in [3.05, 3.63) is 29.3 Å². The van der Waals surface area contributed by atoms with Crippen LogP contribution in [0.25, 0.3) is 0 Å². The number of methoxy groups -OCH3 is 1. The van der Waals surface area contributed by atoms with Crippen molar-refractivity contribution in [3.63, 3.8) is 0 Å². The fourth-order valence-electron chi connectivity index (χ4n) is 1.34. The number of carbonyl (C=O) groups excluding carboxylic acids is 1. The van der Waals surface area contributed by atoms with Crippen molar-refractivity contribution in [1.82, 2.24) is 0 Å². The van der Waals surface area contributed by atoms with Gasteiger partial charge in [0, 0.05) is 10.6 Å². The lowest BCUT2D eigenvalue weighted by Gasteiger charge is -2.09. The lowest BCUT2D eigenvalue weighted by molar-refractivity contribution is -0.143. The maximum Gasteiger partial charge on any atom is 0.309 e. The van der Waals surface area contributed by atoms with Crippen LogP contribution in [-0.4, -0.2) is 18.8 Å². The summed E-state index contributed by atoms with van der Waals surface area (Å²) in [5.41, 5.74) is 1.65. The molecule has 0 aliphatic carbocycles. The number of aryl methyl sites for hydroxylation is 1. The summed E-state index contributed by atoms with van der Waals surface area (Å²) in [5, 5.41) is 8.81. The zero-order valence-electron chi connectivity index (χ0n) is 10.2. The number of esters is 1. The van der Waals surface area contributed by atoms with Crippen LogP contribution in [0.15, 0.2) is 23.1 Å². The molecule has 0 fully saturated rings. The van der Waals surface area contributed by atoms with Gasteiger partial charge in [-0.05, 0) is 30.7 Å². The molecule has 0 aromatic heterocycles. The van der Waals surface area contributed by atoms with Gasteiger partial charge >= 0.3 is 5.97 Å². The molecule has 0 spiro atoms. The SMILES string of the molecule is COC(=O)C(C)CSc1ccc(C#N)c(C)c1. The molecule has 1 atom stereocenters. The molecule has 90 valence electrons. The summed E-state index contributed by atoms with van der Waals surface area (Å²) < 4.78 is 4.67. The van der Waals surface area contributed by atoms with Gasteiger partial charge in [0.25, 0.3) is 0 Å². The van der Waals surface area contributed by atoms with Crippen molar-refractivity contribution in [2.45, 2.75) is 18.7 Å². The Morgan fingerprint density at radius 2 is 2.29 bits per heavy atom. The minimum absolute atomic E-state index is 0.124. The summed E-state index contributed by atoms with van der Waals surface area (Å²) >= 11 is 1.60. The molecule has 0 saturated carbocycles. The molecule has 0 heterocycles. The Bertz CT molecular complexity index is 451. The summed E-state index contributed by atoms with van der Waals surface area (Å²) in [5.74, 6) is 0.363. The summed E-state index contributed by atoms with van der Waals surface area (Å²) in [7, 11) is 1.40. The van der Waals surface area contributed by atoms with Gasteiger partial charge in [-0.2, -0.15) is 5.26 Å². The smallest absolute Gasteiger partial charge is 0.309 e. The van der Waals surface area contributed by atoms with E-state index in [0.717, 1.165) is 10.5 Å². The molecular weight excluding hydrogens is 234 g/mol. The molecule has 1 aromatic carbocycles. The first-order valence-corrected chi connectivity index (χ1v) is 6.28. The number of ether oxygens (including phenoxy) is 1. The number of carbonyl (C=O) groups is 1. The number of benzene rings is 1. The van der Waals surface area contributed by atoms with E-state index in [-0.39, 0.29) is 11.9 Å². The second kappa shape index (κ2) is 6.31. The molecule has 0 aliphatic heterocycles. The van der Waals surface area contributed by atoms with Gasteiger partial charge in [0.15, 0.2) is 0 Å². The molecular formula is C13H15NO2S. The first-order valence-electron chi connectivity index (χ1n) is 5.30. The van der Waals surface area contributed by atoms with E-state index in [4.69, 9.17) is 5.26 Å². The number of rotatable bonds is 4. The second-order valence-electron chi connectivity index (χ2n) is 3.82. The molecule has 1 rings (SSSR count). The van der Waals surface area contributed by atoms with E-state index in [2.05, 4.69) is 10.8 Å². The first kappa shape index (κ1) is 13.6. The van der Waals surface area contributed by atoms with Gasteiger partial charge < -0.3 is 4.74 Å². The highest BCUT2D eigenvalue weighted by Gasteiger charge is 2.13. The molecule has 4 heteroatoms. The fourth-order valence-corrected chi connectivity index (χ4v) is 2.34. The minimum atomic E-state index is -0.192. The summed E-state index contributed by atoms with van der Waals surface area (Å²) in [6.07, 6.45) is 0. The van der Waals surface area contributed by atoms with Gasteiger partial charge in [-0.3, -0.25) is 4.79 Å². The maximum atomic E-state index is 11.2. The van der Waals surface area contributed by atoms with Gasteiger partial charge in [0.2, 0.25) is 0 Å². The zero-order valence-corrected chi connectivity index (χ0v) is 11.0. The molecule has 17 heavy (non-hydrogen) atoms. The zero-order chi connectivity index (χ0) is 12.8. The van der Waals surface area contributed by atoms with Gasteiger partial charge in [-0.25, -0.2) is 0 Å². The lowest BCUT2D eigenvalue weighted by atomic mass is 10.1. The van der Waals surface area contributed by atoms with E-state index >= 15 is 0 Å². The average molecular weight is 249 g/mol. The van der Waals surface area contributed by atoms with E-state index < -0.39 is 0 Å². The molecule has 0 aliphatic rings. The summed E-state index contributed by atoms with van der Waals surface area (Å²) in [6, 6.07) is 7.81. The first-order chi connectivity index (χ1) is 8.08. The highest BCUT2D eigenvalue weighted by Crippen LogP contribution is 2.23. The Morgan fingerprint density at radius 3 is 2.82 bits per heavy atom. The highest BCUT2D eigenvalue weighted by atomic mass is 32.2. The molecule has 0 amide bonds. The summed E-state index contributed by atoms with van der Waals surface area (Å²) in [6.45, 7) is 3.75. The van der Waals surface area contributed by atoms with Gasteiger partial charge in [0.1, 0.15) is 0 Å². The molecule has 0 radical (unpaired) electrons. The molecule has 1 unspecified atom stereocenters. The summed E-state index contributed by atoms with van der Waals surface area (Å²) in [4.78, 5) is 12.3. The van der Waals surface area contributed by atoms with Crippen LogP contribution >= 0.6 is 11.8 Å². The van der Waals surface area contributed by atoms with Crippen LogP contribution in [0, 0.1) is 24.2 Å². The van der Waals surface area contributed by atoms with Crippen molar-refractivity contribution in [2.75, 3.05) is 12.9 Å². The maximum absolute atomic E-state index is 11.2. The van der Waals surface area contributed by atoms with Crippen molar-refractivity contribution in [1.29, 1.82) is 5.26 Å². The Morgan fingerprint density at radius 1 is 1.59 bits per heavy atom. The predicted molar refractivity (Wildman–Crippen MR) is 67.8 cm³/mol. The Labute approximate surface area is 106 Å². The van der Waals surface area contributed by atoms with E-state index in [0.29, 0.717) is 11.3 Å². The van der Waals surface area contributed by atoms with Crippen LogP contribution in [-0.2, 0) is 9.53 Å². The second-order valence-corrected chi connectivity index (χ2v) is 4.92. The Hall–Kier alpha value is -1.47.